The molecule has 0 aliphatic rings. The van der Waals surface area contributed by atoms with Gasteiger partial charge in [-0.15, -0.1) is 0 Å². The van der Waals surface area contributed by atoms with Crippen LogP contribution in [0.5, 0.6) is 0 Å². The third-order valence-corrected chi connectivity index (χ3v) is 0.847. The molecule has 0 saturated carbocycles. The number of carboxylic acid groups (broad SMARTS) is 1. The van der Waals surface area contributed by atoms with Crippen molar-refractivity contribution in [3.05, 3.63) is 30.1 Å². The number of nitrogens with zero attached hydrogens (tertiary/aromatic N) is 1. The van der Waals surface area contributed by atoms with Gasteiger partial charge in [0.15, 0.2) is 0 Å². The van der Waals surface area contributed by atoms with Gasteiger partial charge in [-0.25, -0.2) is 0 Å². The third kappa shape index (κ3) is 4.77. The van der Waals surface area contributed by atoms with Crippen LogP contribution in [0.4, 0.5) is 0 Å². The van der Waals surface area contributed by atoms with E-state index >= 15 is 0 Å². The van der Waals surface area contributed by atoms with Gasteiger partial charge in [0.1, 0.15) is 0 Å². The third-order valence-electron chi connectivity index (χ3n) is 0.847. The minimum Gasteiger partial charge on any atom is -0.483 e. The maximum atomic E-state index is 8.36. The molecule has 3 heteroatoms. The Hall–Kier alpha value is -1.38. The summed E-state index contributed by atoms with van der Waals surface area (Å²) < 4.78 is 0. The minimum absolute atomic E-state index is 0.250. The summed E-state index contributed by atoms with van der Waals surface area (Å²) in [7, 11) is 0. The Labute approximate surface area is 59.3 Å². The summed E-state index contributed by atoms with van der Waals surface area (Å²) >= 11 is 0. The average molecular weight is 139 g/mol. The summed E-state index contributed by atoms with van der Waals surface area (Å²) in [5, 5.41) is 6.89. The van der Waals surface area contributed by atoms with Crippen molar-refractivity contribution in [1.82, 2.24) is 4.98 Å². The first kappa shape index (κ1) is 8.62. The van der Waals surface area contributed by atoms with Crippen LogP contribution in [-0.2, 0) is 4.79 Å². The zero-order chi connectivity index (χ0) is 7.82. The van der Waals surface area contributed by atoms with E-state index in [1.165, 1.54) is 5.56 Å². The Morgan fingerprint density at radius 2 is 1.90 bits per heavy atom. The van der Waals surface area contributed by atoms with Crippen molar-refractivity contribution < 1.29 is 9.90 Å². The van der Waals surface area contributed by atoms with E-state index in [2.05, 4.69) is 4.98 Å². The second-order valence-corrected chi connectivity index (χ2v) is 1.63. The van der Waals surface area contributed by atoms with Crippen LogP contribution in [0.1, 0.15) is 5.56 Å². The molecule has 0 bridgehead atoms. The van der Waals surface area contributed by atoms with Gasteiger partial charge in [-0.1, -0.05) is 0 Å². The molecule has 1 aromatic rings. The number of aryl methyl sites for hydroxylation is 1. The lowest BCUT2D eigenvalue weighted by Crippen LogP contribution is -1.68. The molecule has 1 N–H and O–H groups in total. The molecule has 1 heterocycles. The normalized spacial score (nSPS) is 7.30. The second kappa shape index (κ2) is 5.75. The molecule has 3 nitrogen and oxygen atoms in total. The molecule has 0 aliphatic heterocycles. The topological polar surface area (TPSA) is 50.2 Å². The van der Waals surface area contributed by atoms with Crippen molar-refractivity contribution in [2.45, 2.75) is 6.92 Å². The summed E-state index contributed by atoms with van der Waals surface area (Å²) in [5.41, 5.74) is 1.26. The molecule has 54 valence electrons. The highest BCUT2D eigenvalue weighted by Gasteiger charge is 1.72. The van der Waals surface area contributed by atoms with Crippen LogP contribution >= 0.6 is 0 Å². The molecule has 10 heavy (non-hydrogen) atoms. The summed E-state index contributed by atoms with van der Waals surface area (Å²) in [6.07, 6.45) is 3.57. The molecule has 0 amide bonds. The van der Waals surface area contributed by atoms with Crippen molar-refractivity contribution in [1.29, 1.82) is 0 Å². The van der Waals surface area contributed by atoms with E-state index in [4.69, 9.17) is 9.90 Å². The van der Waals surface area contributed by atoms with E-state index in [1.807, 2.05) is 19.1 Å². The van der Waals surface area contributed by atoms with E-state index < -0.39 is 0 Å². The first-order valence-corrected chi connectivity index (χ1v) is 2.75. The zero-order valence-electron chi connectivity index (χ0n) is 5.69. The average Bonchev–Trinajstić information content (AvgIpc) is 1.91. The molecular weight excluding hydrogens is 130 g/mol. The van der Waals surface area contributed by atoms with Crippen LogP contribution in [0.2, 0.25) is 0 Å². The van der Waals surface area contributed by atoms with E-state index in [9.17, 15) is 0 Å². The van der Waals surface area contributed by atoms with Crippen LogP contribution < -0.4 is 0 Å². The van der Waals surface area contributed by atoms with E-state index in [-0.39, 0.29) is 6.47 Å². The molecule has 0 saturated heterocycles. The molecule has 0 radical (unpaired) electrons. The molecule has 1 aromatic heterocycles. The van der Waals surface area contributed by atoms with E-state index in [0.29, 0.717) is 0 Å². The lowest BCUT2D eigenvalue weighted by Gasteiger charge is -1.82. The smallest absolute Gasteiger partial charge is 0.290 e. The van der Waals surface area contributed by atoms with E-state index in [1.54, 1.807) is 12.4 Å². The Kier molecular flexibility index (Phi) is 4.96. The Bertz CT molecular complexity index is 174. The molecule has 0 aromatic carbocycles. The number of hydrogen-bond donors (Lipinski definition) is 1. The highest BCUT2D eigenvalue weighted by molar-refractivity contribution is 5.32. The lowest BCUT2D eigenvalue weighted by molar-refractivity contribution is -0.122. The molecule has 0 atom stereocenters. The lowest BCUT2D eigenvalue weighted by atomic mass is 10.3. The maximum absolute atomic E-state index is 8.36. The zero-order valence-corrected chi connectivity index (χ0v) is 5.69. The van der Waals surface area contributed by atoms with Crippen molar-refractivity contribution in [3.8, 4) is 0 Å². The van der Waals surface area contributed by atoms with Gasteiger partial charge >= 0.3 is 0 Å². The van der Waals surface area contributed by atoms with Crippen LogP contribution in [-0.4, -0.2) is 16.6 Å². The molecule has 0 fully saturated rings. The number of pyridine rings is 1. The van der Waals surface area contributed by atoms with Gasteiger partial charge in [0.05, 0.1) is 0 Å². The predicted octanol–water partition coefficient (Wildman–Crippen LogP) is 1.09. The van der Waals surface area contributed by atoms with Crippen molar-refractivity contribution in [2.24, 2.45) is 0 Å². The summed E-state index contributed by atoms with van der Waals surface area (Å²) in [6.45, 7) is 1.79. The summed E-state index contributed by atoms with van der Waals surface area (Å²) in [4.78, 5) is 12.2. The first-order chi connectivity index (χ1) is 4.81. The molecule has 0 unspecified atom stereocenters. The standard InChI is InChI=1S/C6H7N.CH2O2/c1-6-2-4-7-5-3-6;2-1-3/h2-5H,1H3;1H,(H,2,3). The van der Waals surface area contributed by atoms with Gasteiger partial charge < -0.3 is 5.11 Å². The van der Waals surface area contributed by atoms with Gasteiger partial charge in [0.2, 0.25) is 0 Å². The Morgan fingerprint density at radius 3 is 2.10 bits per heavy atom. The van der Waals surface area contributed by atoms with Gasteiger partial charge in [-0.05, 0) is 24.6 Å². The number of aromatic nitrogens is 1. The highest BCUT2D eigenvalue weighted by Crippen LogP contribution is 1.88. The van der Waals surface area contributed by atoms with E-state index in [0.717, 1.165) is 0 Å². The Balaban J connectivity index is 0.000000236. The molecule has 0 spiro atoms. The predicted molar refractivity (Wildman–Crippen MR) is 37.7 cm³/mol. The number of rotatable bonds is 0. The maximum Gasteiger partial charge on any atom is 0.290 e. The number of hydrogen-bond acceptors (Lipinski definition) is 2. The summed E-state index contributed by atoms with van der Waals surface area (Å²) in [5.74, 6) is 0. The minimum atomic E-state index is -0.250. The fourth-order valence-electron chi connectivity index (χ4n) is 0.426. The highest BCUT2D eigenvalue weighted by atomic mass is 16.3. The molecular formula is C7H9NO2. The molecule has 1 rings (SSSR count). The summed E-state index contributed by atoms with van der Waals surface area (Å²) in [6, 6.07) is 3.94. The molecule has 0 aliphatic carbocycles. The van der Waals surface area contributed by atoms with Crippen LogP contribution in [0.15, 0.2) is 24.5 Å². The Morgan fingerprint density at radius 1 is 1.50 bits per heavy atom. The van der Waals surface area contributed by atoms with Crippen molar-refractivity contribution in [2.75, 3.05) is 0 Å². The second-order valence-electron chi connectivity index (χ2n) is 1.63. The largest absolute Gasteiger partial charge is 0.483 e. The first-order valence-electron chi connectivity index (χ1n) is 2.75. The van der Waals surface area contributed by atoms with Crippen LogP contribution in [0.3, 0.4) is 0 Å². The van der Waals surface area contributed by atoms with Gasteiger partial charge in [0, 0.05) is 12.4 Å². The van der Waals surface area contributed by atoms with Gasteiger partial charge in [0.25, 0.3) is 6.47 Å². The van der Waals surface area contributed by atoms with Crippen molar-refractivity contribution >= 4 is 6.47 Å². The van der Waals surface area contributed by atoms with Gasteiger partial charge in [-0.3, -0.25) is 9.78 Å². The monoisotopic (exact) mass is 139 g/mol. The number of carbonyl (C=O) groups is 1. The van der Waals surface area contributed by atoms with Crippen molar-refractivity contribution in [3.63, 3.8) is 0 Å². The quantitative estimate of drug-likeness (QED) is 0.547. The van der Waals surface area contributed by atoms with Gasteiger partial charge in [-0.2, -0.15) is 0 Å². The fourth-order valence-corrected chi connectivity index (χ4v) is 0.426. The SMILES string of the molecule is Cc1ccncc1.O=CO. The van der Waals surface area contributed by atoms with Crippen LogP contribution in [0.25, 0.3) is 0 Å². The fraction of sp³-hybridized carbons (Fsp3) is 0.143. The van der Waals surface area contributed by atoms with Crippen LogP contribution in [0, 0.1) is 6.92 Å².